The van der Waals surface area contributed by atoms with Gasteiger partial charge >= 0.3 is 0 Å². The number of pyridine rings is 1. The largest absolute Gasteiger partial charge is 0.328 e. The first-order valence-electron chi connectivity index (χ1n) is 9.72. The van der Waals surface area contributed by atoms with Crippen molar-refractivity contribution in [3.63, 3.8) is 0 Å². The topological polar surface area (TPSA) is 68.1 Å². The molecule has 6 nitrogen and oxygen atoms in total. The number of fused-ring (bicyclic) bond motifs is 2. The van der Waals surface area contributed by atoms with Crippen LogP contribution in [0.15, 0.2) is 58.5 Å². The number of thioether (sulfide) groups is 1. The molecular weight excluding hydrogens is 416 g/mol. The van der Waals surface area contributed by atoms with Gasteiger partial charge in [-0.15, -0.1) is 0 Å². The van der Waals surface area contributed by atoms with Crippen LogP contribution < -0.4 is 0 Å². The van der Waals surface area contributed by atoms with E-state index in [9.17, 15) is 8.42 Å². The normalized spacial score (nSPS) is 12.3. The molecule has 0 atom stereocenters. The highest BCUT2D eigenvalue weighted by Gasteiger charge is 2.19. The lowest BCUT2D eigenvalue weighted by atomic mass is 10.1. The Morgan fingerprint density at radius 3 is 2.53 bits per heavy atom. The summed E-state index contributed by atoms with van der Waals surface area (Å²) in [5.41, 5.74) is 3.82. The summed E-state index contributed by atoms with van der Waals surface area (Å²) in [5, 5.41) is 2.12. The van der Waals surface area contributed by atoms with Gasteiger partial charge in [0.2, 0.25) is 10.0 Å². The van der Waals surface area contributed by atoms with E-state index in [4.69, 9.17) is 9.97 Å². The predicted molar refractivity (Wildman–Crippen MR) is 122 cm³/mol. The fraction of sp³-hybridized carbons (Fsp3) is 0.273. The summed E-state index contributed by atoms with van der Waals surface area (Å²) in [6, 6.07) is 15.4. The van der Waals surface area contributed by atoms with Crippen LogP contribution in [0.3, 0.4) is 0 Å². The van der Waals surface area contributed by atoms with Gasteiger partial charge in [-0.1, -0.05) is 30.0 Å². The second-order valence-corrected chi connectivity index (χ2v) is 10.4. The zero-order chi connectivity index (χ0) is 21.5. The number of sulfonamides is 1. The quantitative estimate of drug-likeness (QED) is 0.414. The van der Waals surface area contributed by atoms with E-state index in [0.717, 1.165) is 33.8 Å². The van der Waals surface area contributed by atoms with Crippen LogP contribution >= 0.6 is 11.8 Å². The molecule has 0 aliphatic heterocycles. The second-order valence-electron chi connectivity index (χ2n) is 7.29. The average molecular weight is 441 g/mol. The van der Waals surface area contributed by atoms with Crippen LogP contribution in [-0.4, -0.2) is 41.4 Å². The van der Waals surface area contributed by atoms with Crippen LogP contribution in [0.5, 0.6) is 0 Å². The second kappa shape index (κ2) is 8.02. The lowest BCUT2D eigenvalue weighted by molar-refractivity contribution is 0.521. The van der Waals surface area contributed by atoms with Crippen LogP contribution in [-0.2, 0) is 22.3 Å². The Balaban J connectivity index is 1.67. The molecule has 0 N–H and O–H groups in total. The fourth-order valence-electron chi connectivity index (χ4n) is 3.52. The molecule has 2 aromatic heterocycles. The van der Waals surface area contributed by atoms with E-state index < -0.39 is 10.0 Å². The molecule has 0 saturated heterocycles. The van der Waals surface area contributed by atoms with Gasteiger partial charge in [0.25, 0.3) is 0 Å². The first-order valence-corrected chi connectivity index (χ1v) is 12.1. The van der Waals surface area contributed by atoms with E-state index in [1.807, 2.05) is 24.3 Å². The van der Waals surface area contributed by atoms with Gasteiger partial charge in [0, 0.05) is 26.0 Å². The van der Waals surface area contributed by atoms with Crippen molar-refractivity contribution in [2.24, 2.45) is 0 Å². The third-order valence-electron chi connectivity index (χ3n) is 5.14. The molecule has 8 heteroatoms. The first kappa shape index (κ1) is 20.8. The van der Waals surface area contributed by atoms with Crippen molar-refractivity contribution in [2.75, 3.05) is 14.1 Å². The molecule has 0 fully saturated rings. The number of hydrogen-bond donors (Lipinski definition) is 0. The fourth-order valence-corrected chi connectivity index (χ4v) is 5.37. The number of nitrogens with zero attached hydrogens (tertiary/aromatic N) is 4. The van der Waals surface area contributed by atoms with E-state index >= 15 is 0 Å². The van der Waals surface area contributed by atoms with E-state index in [-0.39, 0.29) is 4.90 Å². The van der Waals surface area contributed by atoms with Gasteiger partial charge in [0.15, 0.2) is 0 Å². The van der Waals surface area contributed by atoms with Gasteiger partial charge in [0.05, 0.1) is 32.2 Å². The number of aromatic nitrogens is 3. The molecule has 0 saturated carbocycles. The molecule has 2 heterocycles. The molecule has 156 valence electrons. The Morgan fingerprint density at radius 2 is 1.80 bits per heavy atom. The summed E-state index contributed by atoms with van der Waals surface area (Å²) >= 11 is 1.64. The molecule has 0 aliphatic rings. The number of aryl methyl sites for hydroxylation is 2. The highest BCUT2D eigenvalue weighted by molar-refractivity contribution is 7.98. The van der Waals surface area contributed by atoms with Gasteiger partial charge in [-0.05, 0) is 49.7 Å². The highest BCUT2D eigenvalue weighted by atomic mass is 32.2. The first-order chi connectivity index (χ1) is 14.3. The van der Waals surface area contributed by atoms with Crippen molar-refractivity contribution in [1.29, 1.82) is 0 Å². The van der Waals surface area contributed by atoms with Gasteiger partial charge in [-0.25, -0.2) is 22.7 Å². The number of para-hydroxylation sites is 1. The molecule has 0 aliphatic carbocycles. The minimum absolute atomic E-state index is 0.256. The molecule has 0 spiro atoms. The van der Waals surface area contributed by atoms with Crippen LogP contribution in [0, 0.1) is 6.92 Å². The number of imidazole rings is 1. The van der Waals surface area contributed by atoms with Gasteiger partial charge in [0.1, 0.15) is 5.82 Å². The van der Waals surface area contributed by atoms with E-state index in [2.05, 4.69) is 30.5 Å². The maximum atomic E-state index is 12.5. The lowest BCUT2D eigenvalue weighted by Gasteiger charge is -2.11. The van der Waals surface area contributed by atoms with Crippen LogP contribution in [0.1, 0.15) is 18.3 Å². The smallest absolute Gasteiger partial charge is 0.242 e. The maximum absolute atomic E-state index is 12.5. The molecule has 0 bridgehead atoms. The maximum Gasteiger partial charge on any atom is 0.242 e. The summed E-state index contributed by atoms with van der Waals surface area (Å²) < 4.78 is 28.3. The van der Waals surface area contributed by atoms with Crippen molar-refractivity contribution in [2.45, 2.75) is 36.1 Å². The van der Waals surface area contributed by atoms with Crippen molar-refractivity contribution in [3.05, 3.63) is 59.9 Å². The van der Waals surface area contributed by atoms with Crippen molar-refractivity contribution in [3.8, 4) is 0 Å². The highest BCUT2D eigenvalue weighted by Crippen LogP contribution is 2.28. The predicted octanol–water partition coefficient (Wildman–Crippen LogP) is 4.46. The molecule has 30 heavy (non-hydrogen) atoms. The third-order valence-corrected chi connectivity index (χ3v) is 7.86. The standard InChI is InChI=1S/C22H24N4O2S2/c1-5-26-20-11-10-16(30(27,28)25(3)4)13-19(20)23-21(26)14-29-22-12-15(2)17-8-6-7-9-18(17)24-22/h6-13H,5,14H2,1-4H3. The summed E-state index contributed by atoms with van der Waals surface area (Å²) in [4.78, 5) is 9.77. The molecule has 0 radical (unpaired) electrons. The Bertz CT molecular complexity index is 1340. The minimum Gasteiger partial charge on any atom is -0.328 e. The van der Waals surface area contributed by atoms with Gasteiger partial charge < -0.3 is 4.57 Å². The zero-order valence-corrected chi connectivity index (χ0v) is 19.1. The minimum atomic E-state index is -3.49. The van der Waals surface area contributed by atoms with Gasteiger partial charge in [-0.3, -0.25) is 0 Å². The van der Waals surface area contributed by atoms with E-state index in [1.165, 1.54) is 24.0 Å². The van der Waals surface area contributed by atoms with Crippen molar-refractivity contribution in [1.82, 2.24) is 18.8 Å². The number of benzene rings is 2. The summed E-state index contributed by atoms with van der Waals surface area (Å²) in [6.45, 7) is 4.93. The van der Waals surface area contributed by atoms with Crippen LogP contribution in [0.2, 0.25) is 0 Å². The molecule has 0 amide bonds. The average Bonchev–Trinajstić information content (AvgIpc) is 3.08. The molecule has 4 rings (SSSR count). The summed E-state index contributed by atoms with van der Waals surface area (Å²) in [7, 11) is -0.426. The Labute approximate surface area is 181 Å². The van der Waals surface area contributed by atoms with Gasteiger partial charge in [-0.2, -0.15) is 0 Å². The summed E-state index contributed by atoms with van der Waals surface area (Å²) in [6.07, 6.45) is 0. The SMILES string of the molecule is CCn1c(CSc2cc(C)c3ccccc3n2)nc2cc(S(=O)(=O)N(C)C)ccc21. The third kappa shape index (κ3) is 3.71. The van der Waals surface area contributed by atoms with E-state index in [0.29, 0.717) is 11.3 Å². The Morgan fingerprint density at radius 1 is 1.03 bits per heavy atom. The van der Waals surface area contributed by atoms with Crippen LogP contribution in [0.4, 0.5) is 0 Å². The van der Waals surface area contributed by atoms with Crippen molar-refractivity contribution < 1.29 is 8.42 Å². The monoisotopic (exact) mass is 440 g/mol. The Hall–Kier alpha value is -2.42. The zero-order valence-electron chi connectivity index (χ0n) is 17.5. The summed E-state index contributed by atoms with van der Waals surface area (Å²) in [5.74, 6) is 1.56. The van der Waals surface area contributed by atoms with Crippen LogP contribution in [0.25, 0.3) is 21.9 Å². The molecule has 0 unspecified atom stereocenters. The lowest BCUT2D eigenvalue weighted by Crippen LogP contribution is -2.22. The number of rotatable bonds is 6. The van der Waals surface area contributed by atoms with Crippen molar-refractivity contribution >= 4 is 43.7 Å². The molecular formula is C22H24N4O2S2. The van der Waals surface area contributed by atoms with E-state index in [1.54, 1.807) is 23.9 Å². The number of hydrogen-bond acceptors (Lipinski definition) is 5. The molecule has 2 aromatic carbocycles. The molecule has 4 aromatic rings. The Kier molecular flexibility index (Phi) is 5.57.